The second-order valence-corrected chi connectivity index (χ2v) is 8.38. The van der Waals surface area contributed by atoms with E-state index in [1.807, 2.05) is 41.5 Å². The van der Waals surface area contributed by atoms with Gasteiger partial charge in [-0.15, -0.1) is 0 Å². The van der Waals surface area contributed by atoms with Crippen LogP contribution in [0.5, 0.6) is 0 Å². The van der Waals surface area contributed by atoms with Crippen LogP contribution in [0.15, 0.2) is 0 Å². The summed E-state index contributed by atoms with van der Waals surface area (Å²) in [7, 11) is 0. The molecule has 2 aliphatic heterocycles. The fraction of sp³-hybridized carbons (Fsp3) is 0.964. The molecule has 2 rings (SSSR count). The first-order chi connectivity index (χ1) is 16.0. The first kappa shape index (κ1) is 45.6. The minimum atomic E-state index is -0.995. The van der Waals surface area contributed by atoms with Crippen LogP contribution in [-0.2, 0) is 19.0 Å². The van der Waals surface area contributed by atoms with Crippen molar-refractivity contribution in [2.45, 2.75) is 148 Å². The van der Waals surface area contributed by atoms with E-state index < -0.39 is 5.97 Å². The van der Waals surface area contributed by atoms with Crippen LogP contribution in [0.2, 0.25) is 0 Å². The molecular formula is C28H63NaO5S. The van der Waals surface area contributed by atoms with Gasteiger partial charge >= 0.3 is 29.6 Å². The van der Waals surface area contributed by atoms with Gasteiger partial charge in [-0.3, -0.25) is 0 Å². The Bertz CT molecular complexity index is 462. The molecule has 10 unspecified atom stereocenters. The van der Waals surface area contributed by atoms with Crippen LogP contribution < -0.4 is 34.7 Å². The zero-order valence-corrected chi connectivity index (χ0v) is 28.4. The molecule has 0 aromatic carbocycles. The summed E-state index contributed by atoms with van der Waals surface area (Å²) >= 11 is 2.78. The predicted molar refractivity (Wildman–Crippen MR) is 151 cm³/mol. The van der Waals surface area contributed by atoms with Crippen LogP contribution in [0, 0.1) is 29.6 Å². The van der Waals surface area contributed by atoms with Crippen molar-refractivity contribution in [1.82, 2.24) is 0 Å². The third-order valence-corrected chi connectivity index (χ3v) is 6.74. The monoisotopic (exact) mass is 535 g/mol. The molecule has 212 valence electrons. The van der Waals surface area contributed by atoms with Crippen molar-refractivity contribution in [3.63, 3.8) is 0 Å². The van der Waals surface area contributed by atoms with Gasteiger partial charge in [0.15, 0.2) is 6.29 Å². The summed E-state index contributed by atoms with van der Waals surface area (Å²) in [6.07, 6.45) is 0.818. The van der Waals surface area contributed by atoms with E-state index >= 15 is 0 Å². The Labute approximate surface area is 251 Å². The number of carboxylic acid groups (broad SMARTS) is 1. The molecule has 0 N–H and O–H groups in total. The van der Waals surface area contributed by atoms with E-state index in [0.29, 0.717) is 35.7 Å². The molecule has 0 amide bonds. The molecular weight excluding hydrogens is 471 g/mol. The number of hydrogen-bond donors (Lipinski definition) is 0. The fourth-order valence-electron chi connectivity index (χ4n) is 3.85. The van der Waals surface area contributed by atoms with E-state index in [9.17, 15) is 9.90 Å². The third kappa shape index (κ3) is 17.0. The van der Waals surface area contributed by atoms with Crippen LogP contribution in [0.3, 0.4) is 0 Å². The molecule has 0 aliphatic carbocycles. The zero-order valence-electron chi connectivity index (χ0n) is 26.5. The maximum Gasteiger partial charge on any atom is 1.00 e. The summed E-state index contributed by atoms with van der Waals surface area (Å²) in [4.78, 5) is 9.26. The summed E-state index contributed by atoms with van der Waals surface area (Å²) in [5.74, 6) is 1.63. The number of carbonyl (C=O) groups is 1. The van der Waals surface area contributed by atoms with E-state index in [0.717, 1.165) is 0 Å². The molecule has 0 spiro atoms. The summed E-state index contributed by atoms with van der Waals surface area (Å²) in [6.45, 7) is 31.4. The summed E-state index contributed by atoms with van der Waals surface area (Å²) in [5, 5.41) is 9.26. The Hall–Kier alpha value is 0.700. The second kappa shape index (κ2) is 27.7. The van der Waals surface area contributed by atoms with Crippen molar-refractivity contribution in [2.75, 3.05) is 0 Å². The van der Waals surface area contributed by atoms with Crippen molar-refractivity contribution in [2.24, 2.45) is 29.6 Å². The molecule has 0 saturated carbocycles. The van der Waals surface area contributed by atoms with Crippen LogP contribution in [0.25, 0.3) is 0 Å². The molecule has 7 heteroatoms. The molecule has 2 saturated heterocycles. The summed E-state index contributed by atoms with van der Waals surface area (Å²) < 4.78 is 24.1. The number of carbonyl (C=O) groups excluding carboxylic acids is 1. The Morgan fingerprint density at radius 3 is 1.46 bits per heavy atom. The van der Waals surface area contributed by atoms with Crippen LogP contribution in [0.4, 0.5) is 0 Å². The van der Waals surface area contributed by atoms with Crippen molar-refractivity contribution >= 4 is 19.4 Å². The third-order valence-electron chi connectivity index (χ3n) is 6.74. The average Bonchev–Trinajstić information content (AvgIpc) is 2.87. The molecule has 2 fully saturated rings. The van der Waals surface area contributed by atoms with Gasteiger partial charge in [0.1, 0.15) is 0 Å². The van der Waals surface area contributed by atoms with Gasteiger partial charge in [-0.05, 0) is 50.9 Å². The number of rotatable bonds is 3. The number of hydrogen-bond acceptors (Lipinski definition) is 5. The maximum atomic E-state index is 9.26. The molecule has 35 heavy (non-hydrogen) atoms. The largest absolute Gasteiger partial charge is 1.00 e. The van der Waals surface area contributed by atoms with Gasteiger partial charge in [0.25, 0.3) is 0 Å². The summed E-state index contributed by atoms with van der Waals surface area (Å²) in [6, 6.07) is 0. The topological polar surface area (TPSA) is 67.8 Å². The molecule has 10 atom stereocenters. The molecule has 0 aromatic heterocycles. The van der Waals surface area contributed by atoms with Crippen LogP contribution in [0.1, 0.15) is 118 Å². The Morgan fingerprint density at radius 2 is 1.09 bits per heavy atom. The molecule has 5 nitrogen and oxygen atoms in total. The van der Waals surface area contributed by atoms with E-state index in [1.165, 1.54) is 6.92 Å². The molecule has 0 bridgehead atoms. The number of aliphatic carboxylic acids is 1. The SMILES string of the molecule is C.CC.CC.CC.CC1OC(OC2C(C)OC(C)C(C)C2C)C(C)C(C)C1C.CCC(=O)[O-].[2H]S.[Na+]. The van der Waals surface area contributed by atoms with E-state index in [-0.39, 0.29) is 68.0 Å². The number of carboxylic acids is 1. The van der Waals surface area contributed by atoms with Gasteiger partial charge < -0.3 is 24.1 Å². The second-order valence-electron chi connectivity index (χ2n) is 8.38. The molecule has 0 radical (unpaired) electrons. The standard InChI is InChI=1S/C18H34O3.C3H6O2.3C2H6.CH4.Na.H2S/c1-9-10(2)15(7)20-18(13(9)5)21-17-12(4)11(3)14(6)19-16(17)8;1-2-3(4)5;3*1-2;;;/h9-18H,1-8H3;2H2,1H3,(H,4,5);3*1-2H3;1H4;;1H2/q;;;;;;+1;/p-1/i/hD. The maximum absolute atomic E-state index is 9.26. The van der Waals surface area contributed by atoms with Gasteiger partial charge in [-0.1, -0.05) is 90.5 Å². The van der Waals surface area contributed by atoms with Gasteiger partial charge in [0.05, 0.1) is 25.5 Å². The van der Waals surface area contributed by atoms with E-state index in [4.69, 9.17) is 15.3 Å². The van der Waals surface area contributed by atoms with Gasteiger partial charge in [0.2, 0.25) is 0 Å². The smallest absolute Gasteiger partial charge is 0.550 e. The van der Waals surface area contributed by atoms with Gasteiger partial charge in [0, 0.05) is 11.9 Å². The first-order valence-corrected chi connectivity index (χ1v) is 13.2. The van der Waals surface area contributed by atoms with E-state index in [2.05, 4.69) is 68.8 Å². The predicted octanol–water partition coefficient (Wildman–Crippen LogP) is 4.08. The van der Waals surface area contributed by atoms with Crippen LogP contribution >= 0.6 is 13.4 Å². The van der Waals surface area contributed by atoms with Crippen molar-refractivity contribution in [1.29, 1.82) is 1.12 Å². The van der Waals surface area contributed by atoms with Crippen molar-refractivity contribution in [3.05, 3.63) is 0 Å². The van der Waals surface area contributed by atoms with Gasteiger partial charge in [-0.2, -0.15) is 13.4 Å². The molecule has 2 heterocycles. The van der Waals surface area contributed by atoms with Crippen molar-refractivity contribution < 1.29 is 53.7 Å². The zero-order chi connectivity index (χ0) is 28.2. The molecule has 0 aromatic rings. The minimum Gasteiger partial charge on any atom is -0.550 e. The van der Waals surface area contributed by atoms with Crippen LogP contribution in [-0.4, -0.2) is 37.8 Å². The first-order valence-electron chi connectivity index (χ1n) is 13.6. The quantitative estimate of drug-likeness (QED) is 0.510. The minimum absolute atomic E-state index is 0. The normalized spacial score (nSPS) is 35.0. The van der Waals surface area contributed by atoms with Gasteiger partial charge in [-0.25, -0.2) is 0 Å². The fourth-order valence-corrected chi connectivity index (χ4v) is 3.85. The van der Waals surface area contributed by atoms with E-state index in [1.54, 1.807) is 0 Å². The average molecular weight is 536 g/mol. The molecule has 2 aliphatic rings. The van der Waals surface area contributed by atoms with Crippen molar-refractivity contribution in [3.8, 4) is 0 Å². The Morgan fingerprint density at radius 1 is 0.743 bits per heavy atom. The number of ether oxygens (including phenoxy) is 3. The Kier molecular flexibility index (Phi) is 36.1. The summed E-state index contributed by atoms with van der Waals surface area (Å²) in [5.41, 5.74) is 0. The Balaban J connectivity index is -0.000000129.